The summed E-state index contributed by atoms with van der Waals surface area (Å²) in [5.74, 6) is -1.46. The first-order valence-corrected chi connectivity index (χ1v) is 12.3. The minimum absolute atomic E-state index is 0.00879. The minimum atomic E-state index is -0.856. The van der Waals surface area contributed by atoms with Gasteiger partial charge in [0.1, 0.15) is 6.61 Å². The van der Waals surface area contributed by atoms with Gasteiger partial charge in [0.15, 0.2) is 0 Å². The van der Waals surface area contributed by atoms with E-state index in [1.165, 1.54) is 11.1 Å². The van der Waals surface area contributed by atoms with Gasteiger partial charge >= 0.3 is 12.1 Å². The summed E-state index contributed by atoms with van der Waals surface area (Å²) < 4.78 is 5.60. The molecule has 1 fully saturated rings. The number of carboxylic acids is 1. The third kappa shape index (κ3) is 5.50. The van der Waals surface area contributed by atoms with Gasteiger partial charge in [-0.15, -0.1) is 0 Å². The maximum absolute atomic E-state index is 13.0. The number of hydrogen-bond donors (Lipinski definition) is 2. The van der Waals surface area contributed by atoms with E-state index in [1.807, 2.05) is 45.0 Å². The molecule has 4 rings (SSSR count). The Morgan fingerprint density at radius 3 is 2.23 bits per heavy atom. The van der Waals surface area contributed by atoms with Crippen molar-refractivity contribution in [2.45, 2.75) is 52.0 Å². The van der Waals surface area contributed by atoms with Crippen LogP contribution in [0, 0.1) is 11.3 Å². The number of nitrogens with one attached hydrogen (secondary N) is 1. The van der Waals surface area contributed by atoms with Gasteiger partial charge in [-0.25, -0.2) is 4.79 Å². The first-order valence-electron chi connectivity index (χ1n) is 12.3. The number of nitrogens with zero attached hydrogens (tertiary/aromatic N) is 1. The van der Waals surface area contributed by atoms with Crippen molar-refractivity contribution in [1.29, 1.82) is 0 Å². The van der Waals surface area contributed by atoms with Crippen molar-refractivity contribution in [3.63, 3.8) is 0 Å². The summed E-state index contributed by atoms with van der Waals surface area (Å²) in [6.07, 6.45) is 0.978. The van der Waals surface area contributed by atoms with Gasteiger partial charge in [-0.1, -0.05) is 62.4 Å². The van der Waals surface area contributed by atoms with Crippen LogP contribution in [-0.4, -0.2) is 53.7 Å². The second-order valence-corrected chi connectivity index (χ2v) is 10.5. The minimum Gasteiger partial charge on any atom is -0.481 e. The highest BCUT2D eigenvalue weighted by Crippen LogP contribution is 2.44. The maximum Gasteiger partial charge on any atom is 0.407 e. The Labute approximate surface area is 206 Å². The van der Waals surface area contributed by atoms with E-state index in [0.717, 1.165) is 11.1 Å². The predicted molar refractivity (Wildman–Crippen MR) is 133 cm³/mol. The van der Waals surface area contributed by atoms with Crippen molar-refractivity contribution in [3.8, 4) is 11.1 Å². The van der Waals surface area contributed by atoms with Gasteiger partial charge in [0, 0.05) is 31.5 Å². The Hall–Kier alpha value is -3.35. The summed E-state index contributed by atoms with van der Waals surface area (Å²) in [6, 6.07) is 16.4. The fraction of sp³-hybridized carbons (Fsp3) is 0.464. The monoisotopic (exact) mass is 478 g/mol. The number of rotatable bonds is 7. The number of piperidine rings is 1. The standard InChI is InChI=1S/C28H34N2O5/c1-18-12-13-19(26(32)33)15-30(18)25(31)14-28(2,3)17-29-27(34)35-16-24-22-10-6-4-8-20(22)21-9-5-7-11-23(21)24/h4-11,18-19,24H,12-17H2,1-3H3,(H,29,34)(H,32,33). The Kier molecular flexibility index (Phi) is 7.15. The van der Waals surface area contributed by atoms with Crippen molar-refractivity contribution >= 4 is 18.0 Å². The van der Waals surface area contributed by atoms with Crippen LogP contribution >= 0.6 is 0 Å². The van der Waals surface area contributed by atoms with Crippen molar-refractivity contribution in [1.82, 2.24) is 10.2 Å². The Morgan fingerprint density at radius 1 is 1.03 bits per heavy atom. The number of carbonyl (C=O) groups is 3. The van der Waals surface area contributed by atoms with Crippen LogP contribution in [0.15, 0.2) is 48.5 Å². The van der Waals surface area contributed by atoms with Crippen LogP contribution in [0.1, 0.15) is 57.1 Å². The highest BCUT2D eigenvalue weighted by atomic mass is 16.5. The van der Waals surface area contributed by atoms with Crippen LogP contribution in [0.25, 0.3) is 11.1 Å². The lowest BCUT2D eigenvalue weighted by atomic mass is 9.87. The molecule has 1 saturated heterocycles. The number of amides is 2. The number of fused-ring (bicyclic) bond motifs is 3. The third-order valence-electron chi connectivity index (χ3n) is 7.24. The molecule has 2 aromatic rings. The van der Waals surface area contributed by atoms with E-state index < -0.39 is 23.4 Å². The van der Waals surface area contributed by atoms with Gasteiger partial charge < -0.3 is 20.1 Å². The number of hydrogen-bond acceptors (Lipinski definition) is 4. The fourth-order valence-corrected chi connectivity index (χ4v) is 5.19. The summed E-state index contributed by atoms with van der Waals surface area (Å²) >= 11 is 0. The summed E-state index contributed by atoms with van der Waals surface area (Å²) in [5.41, 5.74) is 4.16. The zero-order chi connectivity index (χ0) is 25.2. The predicted octanol–water partition coefficient (Wildman–Crippen LogP) is 4.65. The van der Waals surface area contributed by atoms with E-state index in [4.69, 9.17) is 4.74 Å². The van der Waals surface area contributed by atoms with Crippen LogP contribution in [0.2, 0.25) is 0 Å². The zero-order valence-electron chi connectivity index (χ0n) is 20.6. The fourth-order valence-electron chi connectivity index (χ4n) is 5.19. The zero-order valence-corrected chi connectivity index (χ0v) is 20.6. The number of carbonyl (C=O) groups excluding carboxylic acids is 2. The van der Waals surface area contributed by atoms with E-state index in [2.05, 4.69) is 29.6 Å². The lowest BCUT2D eigenvalue weighted by Crippen LogP contribution is -2.49. The molecule has 2 unspecified atom stereocenters. The molecule has 0 bridgehead atoms. The summed E-state index contributed by atoms with van der Waals surface area (Å²) in [5, 5.41) is 12.2. The third-order valence-corrected chi connectivity index (χ3v) is 7.24. The molecule has 0 radical (unpaired) electrons. The number of carboxylic acid groups (broad SMARTS) is 1. The summed E-state index contributed by atoms with van der Waals surface area (Å²) in [7, 11) is 0. The second kappa shape index (κ2) is 10.1. The Morgan fingerprint density at radius 2 is 1.63 bits per heavy atom. The number of alkyl carbamates (subject to hydrolysis) is 1. The van der Waals surface area contributed by atoms with Crippen LogP contribution in [-0.2, 0) is 14.3 Å². The molecule has 2 atom stereocenters. The molecule has 35 heavy (non-hydrogen) atoms. The lowest BCUT2D eigenvalue weighted by molar-refractivity contribution is -0.147. The average Bonchev–Trinajstić information content (AvgIpc) is 3.15. The van der Waals surface area contributed by atoms with Crippen molar-refractivity contribution < 1.29 is 24.2 Å². The second-order valence-electron chi connectivity index (χ2n) is 10.5. The first kappa shape index (κ1) is 24.8. The van der Waals surface area contributed by atoms with E-state index in [-0.39, 0.29) is 44.0 Å². The average molecular weight is 479 g/mol. The molecular formula is C28H34N2O5. The molecule has 1 aliphatic heterocycles. The van der Waals surface area contributed by atoms with Gasteiger partial charge in [-0.2, -0.15) is 0 Å². The van der Waals surface area contributed by atoms with Crippen molar-refractivity contribution in [2.24, 2.45) is 11.3 Å². The van der Waals surface area contributed by atoms with E-state index >= 15 is 0 Å². The van der Waals surface area contributed by atoms with Crippen molar-refractivity contribution in [2.75, 3.05) is 19.7 Å². The molecule has 2 aliphatic rings. The van der Waals surface area contributed by atoms with Crippen LogP contribution in [0.3, 0.4) is 0 Å². The molecular weight excluding hydrogens is 444 g/mol. The van der Waals surface area contributed by atoms with Crippen molar-refractivity contribution in [3.05, 3.63) is 59.7 Å². The number of ether oxygens (including phenoxy) is 1. The van der Waals surface area contributed by atoms with Gasteiger partial charge in [-0.3, -0.25) is 9.59 Å². The molecule has 0 aromatic heterocycles. The summed E-state index contributed by atoms with van der Waals surface area (Å²) in [6.45, 7) is 6.54. The highest BCUT2D eigenvalue weighted by Gasteiger charge is 2.35. The highest BCUT2D eigenvalue weighted by molar-refractivity contribution is 5.80. The van der Waals surface area contributed by atoms with E-state index in [1.54, 1.807) is 4.90 Å². The maximum atomic E-state index is 13.0. The number of likely N-dealkylation sites (tertiary alicyclic amines) is 1. The summed E-state index contributed by atoms with van der Waals surface area (Å²) in [4.78, 5) is 38.6. The molecule has 7 nitrogen and oxygen atoms in total. The van der Waals surface area contributed by atoms with Crippen LogP contribution < -0.4 is 5.32 Å². The largest absolute Gasteiger partial charge is 0.481 e. The molecule has 7 heteroatoms. The molecule has 2 amide bonds. The number of benzene rings is 2. The Balaban J connectivity index is 1.30. The smallest absolute Gasteiger partial charge is 0.407 e. The molecule has 186 valence electrons. The SMILES string of the molecule is CC1CCC(C(=O)O)CN1C(=O)CC(C)(C)CNC(=O)OCC1c2ccccc2-c2ccccc21. The Bertz CT molecular complexity index is 1070. The molecule has 2 aromatic carbocycles. The van der Waals surface area contributed by atoms with Gasteiger partial charge in [-0.05, 0) is 47.4 Å². The molecule has 2 N–H and O–H groups in total. The normalized spacial score (nSPS) is 19.6. The van der Waals surface area contributed by atoms with Gasteiger partial charge in [0.2, 0.25) is 5.91 Å². The number of aliphatic carboxylic acids is 1. The van der Waals surface area contributed by atoms with E-state index in [9.17, 15) is 19.5 Å². The lowest BCUT2D eigenvalue weighted by Gasteiger charge is -2.38. The van der Waals surface area contributed by atoms with Gasteiger partial charge in [0.25, 0.3) is 0 Å². The topological polar surface area (TPSA) is 95.9 Å². The molecule has 0 saturated carbocycles. The quantitative estimate of drug-likeness (QED) is 0.604. The van der Waals surface area contributed by atoms with Gasteiger partial charge in [0.05, 0.1) is 5.92 Å². The van der Waals surface area contributed by atoms with E-state index in [0.29, 0.717) is 12.8 Å². The molecule has 1 heterocycles. The first-order chi connectivity index (χ1) is 16.7. The molecule has 1 aliphatic carbocycles. The molecule has 0 spiro atoms. The van der Waals surface area contributed by atoms with Crippen LogP contribution in [0.5, 0.6) is 0 Å². The van der Waals surface area contributed by atoms with Crippen LogP contribution in [0.4, 0.5) is 4.79 Å².